The zero-order valence-electron chi connectivity index (χ0n) is 5.74. The minimum absolute atomic E-state index is 0.0463. The molecule has 0 bridgehead atoms. The molecule has 5 nitrogen and oxygen atoms in total. The Labute approximate surface area is 76.7 Å². The van der Waals surface area contributed by atoms with Crippen LogP contribution in [0.5, 0.6) is 0 Å². The van der Waals surface area contributed by atoms with E-state index in [-0.39, 0.29) is 6.42 Å². The van der Waals surface area contributed by atoms with E-state index in [2.05, 4.69) is 31.3 Å². The maximum atomic E-state index is 12.2. The lowest BCUT2D eigenvalue weighted by Gasteiger charge is -1.99. The van der Waals surface area contributed by atoms with E-state index in [0.717, 1.165) is 0 Å². The fraction of sp³-hybridized carbons (Fsp3) is 0.500. The van der Waals surface area contributed by atoms with Crippen LogP contribution in [0.4, 0.5) is 3.89 Å². The highest BCUT2D eigenvalue weighted by Crippen LogP contribution is 2.15. The first-order chi connectivity index (χ1) is 5.50. The maximum Gasteiger partial charge on any atom is 0.315 e. The van der Waals surface area contributed by atoms with Crippen LogP contribution < -0.4 is 0 Å². The molecular formula is C4H5BrFN3O2S. The lowest BCUT2D eigenvalue weighted by Crippen LogP contribution is -2.12. The maximum absolute atomic E-state index is 12.2. The molecule has 0 amide bonds. The molecule has 0 saturated heterocycles. The van der Waals surface area contributed by atoms with Gasteiger partial charge in [0.15, 0.2) is 4.16 Å². The van der Waals surface area contributed by atoms with Crippen LogP contribution in [0.3, 0.4) is 0 Å². The van der Waals surface area contributed by atoms with Crippen LogP contribution in [0.1, 0.15) is 5.69 Å². The molecule has 1 N–H and O–H groups in total. The first kappa shape index (κ1) is 9.59. The Morgan fingerprint density at radius 2 is 2.42 bits per heavy atom. The van der Waals surface area contributed by atoms with E-state index in [1.165, 1.54) is 6.20 Å². The molecule has 0 aliphatic rings. The van der Waals surface area contributed by atoms with Gasteiger partial charge in [0, 0.05) is 6.42 Å². The van der Waals surface area contributed by atoms with Crippen LogP contribution in [0.2, 0.25) is 0 Å². The van der Waals surface area contributed by atoms with Gasteiger partial charge < -0.3 is 0 Å². The monoisotopic (exact) mass is 257 g/mol. The highest BCUT2D eigenvalue weighted by Gasteiger charge is 2.22. The molecule has 8 heteroatoms. The van der Waals surface area contributed by atoms with Crippen molar-refractivity contribution in [2.75, 3.05) is 0 Å². The Morgan fingerprint density at radius 1 is 1.75 bits per heavy atom. The Hall–Kier alpha value is -0.500. The SMILES string of the molecule is O=S(=O)(F)C(Br)Cc1cn[nH]n1. The molecule has 0 aromatic carbocycles. The fourth-order valence-corrected chi connectivity index (χ4v) is 1.29. The summed E-state index contributed by atoms with van der Waals surface area (Å²) in [6.07, 6.45) is 1.29. The summed E-state index contributed by atoms with van der Waals surface area (Å²) in [5, 5.41) is 9.30. The normalized spacial score (nSPS) is 14.5. The van der Waals surface area contributed by atoms with Crippen LogP contribution in [0.15, 0.2) is 6.20 Å². The Morgan fingerprint density at radius 3 is 2.83 bits per heavy atom. The number of aromatic amines is 1. The molecule has 0 aliphatic carbocycles. The molecule has 1 heterocycles. The first-order valence-corrected chi connectivity index (χ1v) is 5.28. The van der Waals surface area contributed by atoms with Crippen LogP contribution in [0.25, 0.3) is 0 Å². The third kappa shape index (κ3) is 2.52. The van der Waals surface area contributed by atoms with E-state index < -0.39 is 14.4 Å². The first-order valence-electron chi connectivity index (χ1n) is 2.92. The molecule has 68 valence electrons. The molecule has 0 radical (unpaired) electrons. The molecule has 1 unspecified atom stereocenters. The molecule has 1 rings (SSSR count). The summed E-state index contributed by atoms with van der Waals surface area (Å²) < 4.78 is 31.6. The summed E-state index contributed by atoms with van der Waals surface area (Å²) in [5.74, 6) is 0. The molecule has 0 saturated carbocycles. The van der Waals surface area contributed by atoms with E-state index in [9.17, 15) is 12.3 Å². The summed E-state index contributed by atoms with van der Waals surface area (Å²) in [7, 11) is -4.54. The summed E-state index contributed by atoms with van der Waals surface area (Å²) in [6.45, 7) is 0. The zero-order chi connectivity index (χ0) is 9.19. The van der Waals surface area contributed by atoms with Gasteiger partial charge in [-0.1, -0.05) is 15.9 Å². The molecule has 0 fully saturated rings. The van der Waals surface area contributed by atoms with Gasteiger partial charge in [-0.25, -0.2) is 0 Å². The Balaban J connectivity index is 2.66. The minimum Gasteiger partial charge on any atom is -0.198 e. The van der Waals surface area contributed by atoms with Crippen molar-refractivity contribution < 1.29 is 12.3 Å². The topological polar surface area (TPSA) is 75.7 Å². The van der Waals surface area contributed by atoms with Gasteiger partial charge in [-0.3, -0.25) is 0 Å². The van der Waals surface area contributed by atoms with Crippen molar-refractivity contribution in [2.45, 2.75) is 10.6 Å². The molecule has 0 aliphatic heterocycles. The predicted molar refractivity (Wildman–Crippen MR) is 42.8 cm³/mol. The number of rotatable bonds is 3. The number of nitrogens with one attached hydrogen (secondary N) is 1. The van der Waals surface area contributed by atoms with Crippen molar-refractivity contribution in [1.82, 2.24) is 15.4 Å². The summed E-state index contributed by atoms with van der Waals surface area (Å²) >= 11 is 2.68. The lowest BCUT2D eigenvalue weighted by atomic mass is 10.4. The lowest BCUT2D eigenvalue weighted by molar-refractivity contribution is 0.548. The van der Waals surface area contributed by atoms with Crippen molar-refractivity contribution in [3.8, 4) is 0 Å². The quantitative estimate of drug-likeness (QED) is 0.627. The van der Waals surface area contributed by atoms with E-state index in [1.54, 1.807) is 0 Å². The van der Waals surface area contributed by atoms with Gasteiger partial charge in [0.2, 0.25) is 0 Å². The van der Waals surface area contributed by atoms with Gasteiger partial charge in [0.1, 0.15) is 0 Å². The van der Waals surface area contributed by atoms with Crippen molar-refractivity contribution in [2.24, 2.45) is 0 Å². The van der Waals surface area contributed by atoms with E-state index in [0.29, 0.717) is 5.69 Å². The summed E-state index contributed by atoms with van der Waals surface area (Å²) in [6, 6.07) is 0. The van der Waals surface area contributed by atoms with Gasteiger partial charge in [-0.15, -0.1) is 3.89 Å². The number of aromatic nitrogens is 3. The third-order valence-corrected chi connectivity index (χ3v) is 3.58. The van der Waals surface area contributed by atoms with Gasteiger partial charge in [0.05, 0.1) is 11.9 Å². The second-order valence-electron chi connectivity index (χ2n) is 2.05. The van der Waals surface area contributed by atoms with Gasteiger partial charge in [0.25, 0.3) is 0 Å². The highest BCUT2D eigenvalue weighted by atomic mass is 79.9. The van der Waals surface area contributed by atoms with Crippen molar-refractivity contribution in [1.29, 1.82) is 0 Å². The summed E-state index contributed by atoms with van der Waals surface area (Å²) in [4.78, 5) is 0. The highest BCUT2D eigenvalue weighted by molar-refractivity contribution is 9.11. The van der Waals surface area contributed by atoms with Crippen molar-refractivity contribution >= 4 is 26.2 Å². The van der Waals surface area contributed by atoms with Gasteiger partial charge in [-0.05, 0) is 0 Å². The van der Waals surface area contributed by atoms with Crippen LogP contribution >= 0.6 is 15.9 Å². The van der Waals surface area contributed by atoms with Gasteiger partial charge in [-0.2, -0.15) is 23.8 Å². The molecule has 1 aromatic rings. The Bertz CT molecular complexity index is 337. The number of hydrogen-bond acceptors (Lipinski definition) is 4. The standard InChI is InChI=1S/C4H5BrFN3O2S/c5-4(12(6,10)11)1-3-2-7-9-8-3/h2,4H,1H2,(H,7,8,9). The average molecular weight is 258 g/mol. The molecule has 1 aromatic heterocycles. The van der Waals surface area contributed by atoms with Crippen LogP contribution in [-0.2, 0) is 16.6 Å². The smallest absolute Gasteiger partial charge is 0.198 e. The van der Waals surface area contributed by atoms with Crippen LogP contribution in [-0.4, -0.2) is 28.0 Å². The number of H-pyrrole nitrogens is 1. The number of alkyl halides is 1. The molecule has 12 heavy (non-hydrogen) atoms. The predicted octanol–water partition coefficient (Wildman–Crippen LogP) is 0.368. The number of nitrogens with zero attached hydrogens (tertiary/aromatic N) is 2. The van der Waals surface area contributed by atoms with Crippen molar-refractivity contribution in [3.63, 3.8) is 0 Å². The van der Waals surface area contributed by atoms with E-state index in [4.69, 9.17) is 0 Å². The Kier molecular flexibility index (Phi) is 2.78. The largest absolute Gasteiger partial charge is 0.315 e. The fourth-order valence-electron chi connectivity index (χ4n) is 0.588. The van der Waals surface area contributed by atoms with Crippen LogP contribution in [0, 0.1) is 0 Å². The van der Waals surface area contributed by atoms with Gasteiger partial charge >= 0.3 is 10.2 Å². The molecule has 0 spiro atoms. The van der Waals surface area contributed by atoms with E-state index >= 15 is 0 Å². The molecular weight excluding hydrogens is 253 g/mol. The van der Waals surface area contributed by atoms with E-state index in [1.807, 2.05) is 0 Å². The zero-order valence-corrected chi connectivity index (χ0v) is 8.14. The number of halogens is 2. The van der Waals surface area contributed by atoms with Crippen molar-refractivity contribution in [3.05, 3.63) is 11.9 Å². The second-order valence-corrected chi connectivity index (χ2v) is 5.28. The second kappa shape index (κ2) is 3.48. The summed E-state index contributed by atoms with van der Waals surface area (Å²) in [5.41, 5.74) is 0.387. The average Bonchev–Trinajstić information content (AvgIpc) is 2.37. The minimum atomic E-state index is -4.54. The molecule has 1 atom stereocenters. The third-order valence-electron chi connectivity index (χ3n) is 1.14. The number of hydrogen-bond donors (Lipinski definition) is 1.